The number of hydrogen-bond donors (Lipinski definition) is 0. The molecule has 0 saturated carbocycles. The van der Waals surface area contributed by atoms with Gasteiger partial charge >= 0.3 is 0 Å². The van der Waals surface area contributed by atoms with Crippen LogP contribution >= 0.6 is 11.8 Å². The molecule has 0 aliphatic carbocycles. The van der Waals surface area contributed by atoms with E-state index in [1.54, 1.807) is 31.3 Å². The highest BCUT2D eigenvalue weighted by molar-refractivity contribution is 8.00. The van der Waals surface area contributed by atoms with Crippen molar-refractivity contribution in [3.8, 4) is 0 Å². The molecule has 0 aliphatic rings. The van der Waals surface area contributed by atoms with Crippen LogP contribution in [0.2, 0.25) is 0 Å². The summed E-state index contributed by atoms with van der Waals surface area (Å²) in [5.74, 6) is 0.408. The van der Waals surface area contributed by atoms with Crippen LogP contribution in [0.5, 0.6) is 0 Å². The summed E-state index contributed by atoms with van der Waals surface area (Å²) >= 11 is 1.59. The zero-order valence-electron chi connectivity index (χ0n) is 10.7. The fraction of sp³-hybridized carbons (Fsp3) is 0.538. The normalized spacial score (nSPS) is 16.2. The minimum atomic E-state index is -0.269. The van der Waals surface area contributed by atoms with Crippen LogP contribution in [0.25, 0.3) is 0 Å². The molecule has 1 heterocycles. The summed E-state index contributed by atoms with van der Waals surface area (Å²) in [4.78, 5) is 8.21. The van der Waals surface area contributed by atoms with Crippen molar-refractivity contribution in [1.29, 1.82) is 0 Å². The molecular formula is C13H20N2OS. The topological polar surface area (TPSA) is 35.0 Å². The summed E-state index contributed by atoms with van der Waals surface area (Å²) in [5.41, 5.74) is 0. The molecule has 0 unspecified atom stereocenters. The Morgan fingerprint density at radius 3 is 2.65 bits per heavy atom. The Morgan fingerprint density at radius 1 is 1.53 bits per heavy atom. The summed E-state index contributed by atoms with van der Waals surface area (Å²) in [6.45, 7) is 8.09. The second-order valence-electron chi connectivity index (χ2n) is 4.02. The van der Waals surface area contributed by atoms with E-state index in [-0.39, 0.29) is 4.93 Å². The molecule has 1 aromatic rings. The first-order valence-corrected chi connectivity index (χ1v) is 6.61. The summed E-state index contributed by atoms with van der Waals surface area (Å²) in [5, 5.41) is 0.757. The van der Waals surface area contributed by atoms with Gasteiger partial charge in [0.2, 0.25) is 0 Å². The highest BCUT2D eigenvalue weighted by Crippen LogP contribution is 2.39. The lowest BCUT2D eigenvalue weighted by Gasteiger charge is -2.31. The molecule has 4 heteroatoms. The van der Waals surface area contributed by atoms with Crippen LogP contribution in [0.15, 0.2) is 36.3 Å². The van der Waals surface area contributed by atoms with Crippen molar-refractivity contribution >= 4 is 11.8 Å². The van der Waals surface area contributed by atoms with Crippen LogP contribution in [0.3, 0.4) is 0 Å². The average molecular weight is 252 g/mol. The molecule has 0 N–H and O–H groups in total. The Hall–Kier alpha value is -0.870. The zero-order valence-corrected chi connectivity index (χ0v) is 11.5. The van der Waals surface area contributed by atoms with Gasteiger partial charge in [0, 0.05) is 19.5 Å². The minimum Gasteiger partial charge on any atom is -0.367 e. The Balaban J connectivity index is 2.80. The maximum atomic E-state index is 5.70. The SMILES string of the molecule is C=C[C@H](C)C[C@@](CC)(OC)Sc1ncccn1. The molecule has 94 valence electrons. The van der Waals surface area contributed by atoms with Gasteiger partial charge in [-0.1, -0.05) is 31.7 Å². The van der Waals surface area contributed by atoms with Crippen LogP contribution in [0.1, 0.15) is 26.7 Å². The number of ether oxygens (including phenoxy) is 1. The van der Waals surface area contributed by atoms with Crippen molar-refractivity contribution in [2.75, 3.05) is 7.11 Å². The number of rotatable bonds is 7. The van der Waals surface area contributed by atoms with Gasteiger partial charge in [-0.25, -0.2) is 9.97 Å². The molecule has 1 aromatic heterocycles. The molecule has 0 aliphatic heterocycles. The Labute approximate surface area is 108 Å². The Bertz CT molecular complexity index is 339. The molecule has 17 heavy (non-hydrogen) atoms. The molecule has 0 bridgehead atoms. The quantitative estimate of drug-likeness (QED) is 0.322. The van der Waals surface area contributed by atoms with E-state index < -0.39 is 0 Å². The van der Waals surface area contributed by atoms with Gasteiger partial charge in [-0.05, 0) is 24.8 Å². The molecule has 1 rings (SSSR count). The van der Waals surface area contributed by atoms with Gasteiger partial charge in [0.15, 0.2) is 5.16 Å². The largest absolute Gasteiger partial charge is 0.367 e. The Kier molecular flexibility index (Phi) is 5.65. The molecule has 0 saturated heterocycles. The van der Waals surface area contributed by atoms with Crippen molar-refractivity contribution < 1.29 is 4.74 Å². The zero-order chi connectivity index (χ0) is 12.7. The molecule has 0 aromatic carbocycles. The third kappa shape index (κ3) is 4.13. The van der Waals surface area contributed by atoms with Crippen molar-refractivity contribution in [1.82, 2.24) is 9.97 Å². The predicted molar refractivity (Wildman–Crippen MR) is 71.9 cm³/mol. The fourth-order valence-corrected chi connectivity index (χ4v) is 2.74. The van der Waals surface area contributed by atoms with E-state index in [2.05, 4.69) is 30.4 Å². The van der Waals surface area contributed by atoms with Crippen molar-refractivity contribution in [3.63, 3.8) is 0 Å². The number of allylic oxidation sites excluding steroid dienone is 1. The van der Waals surface area contributed by atoms with Crippen molar-refractivity contribution in [3.05, 3.63) is 31.1 Å². The summed E-state index contributed by atoms with van der Waals surface area (Å²) in [7, 11) is 1.75. The second-order valence-corrected chi connectivity index (χ2v) is 5.33. The van der Waals surface area contributed by atoms with E-state index >= 15 is 0 Å². The van der Waals surface area contributed by atoms with E-state index in [1.807, 2.05) is 12.1 Å². The van der Waals surface area contributed by atoms with Crippen molar-refractivity contribution in [2.45, 2.75) is 36.8 Å². The van der Waals surface area contributed by atoms with Crippen LogP contribution < -0.4 is 0 Å². The molecule has 0 fully saturated rings. The molecule has 0 amide bonds. The minimum absolute atomic E-state index is 0.269. The molecule has 3 nitrogen and oxygen atoms in total. The Morgan fingerprint density at radius 2 is 2.18 bits per heavy atom. The monoisotopic (exact) mass is 252 g/mol. The van der Waals surface area contributed by atoms with E-state index in [1.165, 1.54) is 0 Å². The maximum absolute atomic E-state index is 5.70. The summed E-state index contributed by atoms with van der Waals surface area (Å²) in [6, 6.07) is 1.82. The lowest BCUT2D eigenvalue weighted by molar-refractivity contribution is 0.0526. The van der Waals surface area contributed by atoms with Gasteiger partial charge in [0.1, 0.15) is 4.93 Å². The van der Waals surface area contributed by atoms with Crippen LogP contribution in [0.4, 0.5) is 0 Å². The summed E-state index contributed by atoms with van der Waals surface area (Å²) in [6.07, 6.45) is 7.28. The first-order valence-electron chi connectivity index (χ1n) is 5.79. The first kappa shape index (κ1) is 14.2. The fourth-order valence-electron chi connectivity index (χ4n) is 1.61. The van der Waals surface area contributed by atoms with E-state index in [4.69, 9.17) is 4.74 Å². The lowest BCUT2D eigenvalue weighted by Crippen LogP contribution is -2.28. The number of hydrogen-bond acceptors (Lipinski definition) is 4. The van der Waals surface area contributed by atoms with Crippen LogP contribution in [0, 0.1) is 5.92 Å². The number of thioether (sulfide) groups is 1. The first-order chi connectivity index (χ1) is 8.15. The number of aromatic nitrogens is 2. The average Bonchev–Trinajstić information content (AvgIpc) is 2.39. The van der Waals surface area contributed by atoms with Gasteiger partial charge in [-0.2, -0.15) is 0 Å². The van der Waals surface area contributed by atoms with Gasteiger partial charge in [-0.15, -0.1) is 6.58 Å². The van der Waals surface area contributed by atoms with Crippen LogP contribution in [-0.4, -0.2) is 22.0 Å². The van der Waals surface area contributed by atoms with Gasteiger partial charge in [0.25, 0.3) is 0 Å². The highest BCUT2D eigenvalue weighted by atomic mass is 32.2. The molecular weight excluding hydrogens is 232 g/mol. The van der Waals surface area contributed by atoms with Gasteiger partial charge < -0.3 is 4.74 Å². The summed E-state index contributed by atoms with van der Waals surface area (Å²) < 4.78 is 5.70. The third-order valence-electron chi connectivity index (χ3n) is 2.77. The van der Waals surface area contributed by atoms with E-state index in [0.29, 0.717) is 5.92 Å². The standard InChI is InChI=1S/C13H20N2OS/c1-5-11(3)10-13(6-2,16-4)17-12-14-8-7-9-15-12/h5,7-9,11H,1,6,10H2,2-4H3/t11-,13-/m0/s1. The molecule has 0 spiro atoms. The predicted octanol–water partition coefficient (Wildman–Crippen LogP) is 3.53. The van der Waals surface area contributed by atoms with Crippen molar-refractivity contribution in [2.24, 2.45) is 5.92 Å². The smallest absolute Gasteiger partial charge is 0.190 e. The molecule has 2 atom stereocenters. The maximum Gasteiger partial charge on any atom is 0.190 e. The van der Waals surface area contributed by atoms with Gasteiger partial charge in [0.05, 0.1) is 0 Å². The number of nitrogens with zero attached hydrogens (tertiary/aromatic N) is 2. The lowest BCUT2D eigenvalue weighted by atomic mass is 10.0. The van der Waals surface area contributed by atoms with Gasteiger partial charge in [-0.3, -0.25) is 0 Å². The third-order valence-corrected chi connectivity index (χ3v) is 4.15. The number of methoxy groups -OCH3 is 1. The van der Waals surface area contributed by atoms with E-state index in [9.17, 15) is 0 Å². The van der Waals surface area contributed by atoms with Crippen LogP contribution in [-0.2, 0) is 4.74 Å². The highest BCUT2D eigenvalue weighted by Gasteiger charge is 2.31. The van der Waals surface area contributed by atoms with E-state index in [0.717, 1.165) is 18.0 Å². The second kappa shape index (κ2) is 6.77. The molecule has 0 radical (unpaired) electrons.